The minimum Gasteiger partial charge on any atom is -0.481 e. The maximum Gasteiger partial charge on any atom is 0.341 e. The Labute approximate surface area is 240 Å². The molecule has 4 atom stereocenters. The largest absolute Gasteiger partial charge is 0.481 e. The van der Waals surface area contributed by atoms with Crippen molar-refractivity contribution in [3.05, 3.63) is 50.8 Å². The lowest BCUT2D eigenvalue weighted by atomic mass is 9.81. The van der Waals surface area contributed by atoms with Gasteiger partial charge >= 0.3 is 11.9 Å². The van der Waals surface area contributed by atoms with Crippen molar-refractivity contribution in [1.82, 2.24) is 0 Å². The molecule has 36 heavy (non-hydrogen) atoms. The molecular weight excluding hydrogens is 615 g/mol. The fourth-order valence-corrected chi connectivity index (χ4v) is 8.51. The first-order valence-electron chi connectivity index (χ1n) is 10.5. The van der Waals surface area contributed by atoms with E-state index in [-0.39, 0.29) is 27.2 Å². The van der Waals surface area contributed by atoms with Gasteiger partial charge in [-0.05, 0) is 19.4 Å². The van der Waals surface area contributed by atoms with Gasteiger partial charge in [0.1, 0.15) is 20.3 Å². The number of amides is 1. The number of aryl methyl sites for hydroxylation is 1. The molecule has 0 saturated heterocycles. The molecule has 1 heterocycles. The summed E-state index contributed by atoms with van der Waals surface area (Å²) < 4.78 is 2.97. The van der Waals surface area contributed by atoms with Crippen LogP contribution in [0.2, 0.25) is 0 Å². The van der Waals surface area contributed by atoms with Gasteiger partial charge in [0.25, 0.3) is 0 Å². The summed E-state index contributed by atoms with van der Waals surface area (Å²) in [6, 6.07) is 7.41. The number of alkyl halides is 4. The van der Waals surface area contributed by atoms with E-state index in [2.05, 4.69) is 5.32 Å². The number of ether oxygens (including phenoxy) is 1. The molecule has 2 aromatic rings. The predicted octanol–water partition coefficient (Wildman–Crippen LogP) is 7.00. The summed E-state index contributed by atoms with van der Waals surface area (Å²) in [6.07, 6.45) is 0. The molecule has 2 bridgehead atoms. The van der Waals surface area contributed by atoms with Gasteiger partial charge in [0.05, 0.1) is 28.5 Å². The normalized spacial score (nSPS) is 28.3. The fourth-order valence-electron chi connectivity index (χ4n) is 4.62. The van der Waals surface area contributed by atoms with E-state index in [0.717, 1.165) is 22.5 Å². The third kappa shape index (κ3) is 3.69. The standard InChI is InChI=1S/C23H17Cl6NO5S/c1-3-35-20(34)12-11(10-6-4-9(2)5-7-10)8-36-18(12)30-17(31)13-14(19(32)33)22(27)16(25)15(24)21(13,26)23(22,28)29/h4-8,13-14H,3H2,1-2H3,(H,30,31)(H,32,33)/t13-,14+,21-,22-/m0/s1. The number of anilines is 1. The molecule has 4 rings (SSSR count). The number of thiophene rings is 1. The number of hydrogen-bond donors (Lipinski definition) is 2. The Kier molecular flexibility index (Phi) is 7.37. The topological polar surface area (TPSA) is 92.7 Å². The molecule has 1 aromatic heterocycles. The minimum absolute atomic E-state index is 0.0958. The number of carbonyl (C=O) groups excluding carboxylic acids is 2. The molecule has 13 heteroatoms. The number of benzene rings is 1. The lowest BCUT2D eigenvalue weighted by Crippen LogP contribution is -2.47. The Morgan fingerprint density at radius 2 is 1.58 bits per heavy atom. The van der Waals surface area contributed by atoms with E-state index in [1.54, 1.807) is 12.3 Å². The van der Waals surface area contributed by atoms with E-state index in [0.29, 0.717) is 5.56 Å². The van der Waals surface area contributed by atoms with Gasteiger partial charge < -0.3 is 15.2 Å². The van der Waals surface area contributed by atoms with Gasteiger partial charge in [-0.25, -0.2) is 4.79 Å². The van der Waals surface area contributed by atoms with Gasteiger partial charge in [0.15, 0.2) is 4.33 Å². The number of allylic oxidation sites excluding steroid dienone is 2. The van der Waals surface area contributed by atoms with E-state index in [4.69, 9.17) is 74.3 Å². The van der Waals surface area contributed by atoms with Crippen LogP contribution >= 0.6 is 80.9 Å². The van der Waals surface area contributed by atoms with Crippen LogP contribution in [0.4, 0.5) is 5.00 Å². The second kappa shape index (κ2) is 9.53. The molecule has 2 aliphatic carbocycles. The van der Waals surface area contributed by atoms with Gasteiger partial charge in [0.2, 0.25) is 5.91 Å². The van der Waals surface area contributed by atoms with Crippen LogP contribution in [-0.4, -0.2) is 43.6 Å². The zero-order chi connectivity index (χ0) is 26.8. The maximum absolute atomic E-state index is 13.6. The molecule has 6 nitrogen and oxygen atoms in total. The number of nitrogens with one attached hydrogen (secondary N) is 1. The fraction of sp³-hybridized carbons (Fsp3) is 0.348. The number of halogens is 6. The molecule has 0 aliphatic heterocycles. The molecule has 0 unspecified atom stereocenters. The van der Waals surface area contributed by atoms with E-state index in [1.165, 1.54) is 0 Å². The highest BCUT2D eigenvalue weighted by molar-refractivity contribution is 7.15. The monoisotopic (exact) mass is 629 g/mol. The summed E-state index contributed by atoms with van der Waals surface area (Å²) in [4.78, 5) is 34.5. The van der Waals surface area contributed by atoms with Gasteiger partial charge in [-0.1, -0.05) is 76.2 Å². The van der Waals surface area contributed by atoms with Crippen molar-refractivity contribution in [3.63, 3.8) is 0 Å². The molecule has 2 aliphatic rings. The van der Waals surface area contributed by atoms with Crippen LogP contribution in [0.15, 0.2) is 39.7 Å². The van der Waals surface area contributed by atoms with Crippen molar-refractivity contribution in [3.8, 4) is 11.1 Å². The van der Waals surface area contributed by atoms with E-state index in [9.17, 15) is 19.5 Å². The predicted molar refractivity (Wildman–Crippen MR) is 144 cm³/mol. The zero-order valence-electron chi connectivity index (χ0n) is 18.5. The Hall–Kier alpha value is -1.19. The van der Waals surface area contributed by atoms with Crippen molar-refractivity contribution in [2.24, 2.45) is 11.8 Å². The molecular formula is C23H17Cl6NO5S. The number of carbonyl (C=O) groups is 3. The lowest BCUT2D eigenvalue weighted by molar-refractivity contribution is -0.146. The van der Waals surface area contributed by atoms with Crippen molar-refractivity contribution in [2.45, 2.75) is 27.9 Å². The van der Waals surface area contributed by atoms with Crippen LogP contribution in [0, 0.1) is 18.8 Å². The van der Waals surface area contributed by atoms with Crippen molar-refractivity contribution in [2.75, 3.05) is 11.9 Å². The Morgan fingerprint density at radius 3 is 2.11 bits per heavy atom. The third-order valence-electron chi connectivity index (χ3n) is 6.35. The molecule has 1 amide bonds. The molecule has 1 aromatic carbocycles. The number of carboxylic acids is 1. The van der Waals surface area contributed by atoms with Crippen LogP contribution in [0.1, 0.15) is 22.8 Å². The zero-order valence-corrected chi connectivity index (χ0v) is 23.9. The van der Waals surface area contributed by atoms with E-state index < -0.39 is 43.8 Å². The van der Waals surface area contributed by atoms with Crippen molar-refractivity contribution >= 4 is 104 Å². The smallest absolute Gasteiger partial charge is 0.341 e. The van der Waals surface area contributed by atoms with Gasteiger partial charge in [-0.2, -0.15) is 0 Å². The Morgan fingerprint density at radius 1 is 1.03 bits per heavy atom. The quantitative estimate of drug-likeness (QED) is 0.265. The SMILES string of the molecule is CCOC(=O)c1c(-c2ccc(C)cc2)csc1NC(=O)[C@@H]1[C@H](C(=O)O)[C@]2(Cl)C(Cl)=C(Cl)[C@]1(Cl)C2(Cl)Cl. The van der Waals surface area contributed by atoms with Crippen LogP contribution in [0.25, 0.3) is 11.1 Å². The average molecular weight is 632 g/mol. The van der Waals surface area contributed by atoms with Crippen LogP contribution in [0.3, 0.4) is 0 Å². The van der Waals surface area contributed by atoms with Crippen LogP contribution < -0.4 is 5.32 Å². The summed E-state index contributed by atoms with van der Waals surface area (Å²) in [6.45, 7) is 3.67. The highest BCUT2D eigenvalue weighted by Crippen LogP contribution is 2.76. The first-order valence-corrected chi connectivity index (χ1v) is 13.6. The molecule has 1 saturated carbocycles. The number of aliphatic carboxylic acids is 1. The Balaban J connectivity index is 1.80. The summed E-state index contributed by atoms with van der Waals surface area (Å²) >= 11 is 39.9. The van der Waals surface area contributed by atoms with Crippen LogP contribution in [-0.2, 0) is 14.3 Å². The first-order chi connectivity index (χ1) is 16.7. The third-order valence-corrected chi connectivity index (χ3v) is 11.5. The highest BCUT2D eigenvalue weighted by Gasteiger charge is 2.85. The molecule has 192 valence electrons. The van der Waals surface area contributed by atoms with Gasteiger partial charge in [0, 0.05) is 10.9 Å². The maximum atomic E-state index is 13.6. The van der Waals surface area contributed by atoms with Gasteiger partial charge in [-0.3, -0.25) is 9.59 Å². The summed E-state index contributed by atoms with van der Waals surface area (Å²) in [7, 11) is 0. The highest BCUT2D eigenvalue weighted by atomic mass is 35.5. The van der Waals surface area contributed by atoms with Gasteiger partial charge in [-0.15, -0.1) is 34.5 Å². The number of esters is 1. The van der Waals surface area contributed by atoms with E-state index >= 15 is 0 Å². The number of hydrogen-bond acceptors (Lipinski definition) is 5. The van der Waals surface area contributed by atoms with Crippen LogP contribution in [0.5, 0.6) is 0 Å². The number of fused-ring (bicyclic) bond motifs is 2. The number of carboxylic acid groups (broad SMARTS) is 1. The van der Waals surface area contributed by atoms with Crippen molar-refractivity contribution < 1.29 is 24.2 Å². The summed E-state index contributed by atoms with van der Waals surface area (Å²) in [5.41, 5.74) is 2.36. The second-order valence-electron chi connectivity index (χ2n) is 8.35. The Bertz CT molecular complexity index is 1310. The molecule has 1 fully saturated rings. The second-order valence-corrected chi connectivity index (χ2v) is 12.5. The van der Waals surface area contributed by atoms with E-state index in [1.807, 2.05) is 31.2 Å². The number of rotatable bonds is 6. The summed E-state index contributed by atoms with van der Waals surface area (Å²) in [5, 5.41) is 13.7. The molecule has 0 spiro atoms. The summed E-state index contributed by atoms with van der Waals surface area (Å²) in [5.74, 6) is -6.45. The minimum atomic E-state index is -2.24. The lowest BCUT2D eigenvalue weighted by Gasteiger charge is -2.33. The average Bonchev–Trinajstić information content (AvgIpc) is 3.31. The first kappa shape index (κ1) is 27.8. The molecule has 0 radical (unpaired) electrons. The van der Waals surface area contributed by atoms with Crippen molar-refractivity contribution in [1.29, 1.82) is 0 Å². The molecule has 2 N–H and O–H groups in total.